The third kappa shape index (κ3) is 5.92. The molecule has 0 saturated heterocycles. The minimum atomic E-state index is -0.550. The number of alkyl carbamates (subject to hydrolysis) is 1. The summed E-state index contributed by atoms with van der Waals surface area (Å²) in [4.78, 5) is 12.1. The number of amides is 1. The lowest BCUT2D eigenvalue weighted by molar-refractivity contribution is 0.0552. The molecule has 7 nitrogen and oxygen atoms in total. The summed E-state index contributed by atoms with van der Waals surface area (Å²) in [7, 11) is 0. The quantitative estimate of drug-likeness (QED) is 0.415. The molecule has 0 spiro atoms. The number of benzene rings is 2. The van der Waals surface area contributed by atoms with Crippen LogP contribution in [0.5, 0.6) is 5.75 Å². The summed E-state index contributed by atoms with van der Waals surface area (Å²) >= 11 is 1.50. The zero-order chi connectivity index (χ0) is 25.9. The maximum absolute atomic E-state index is 12.1. The molecule has 1 heterocycles. The highest BCUT2D eigenvalue weighted by atomic mass is 32.1. The SMILES string of the molecule is CC(C)Oc1ccc(-c2nnc(-c3cccc4c3CCC/C4=C/NC(=O)OC(C)(C)C)s2)cc1C#N. The summed E-state index contributed by atoms with van der Waals surface area (Å²) in [6, 6.07) is 13.9. The number of nitrogens with zero attached hydrogens (tertiary/aromatic N) is 3. The molecule has 1 aliphatic rings. The Bertz CT molecular complexity index is 1350. The molecule has 4 rings (SSSR count). The van der Waals surface area contributed by atoms with Gasteiger partial charge in [0.05, 0.1) is 11.7 Å². The molecule has 1 N–H and O–H groups in total. The van der Waals surface area contributed by atoms with Crippen LogP contribution in [0.4, 0.5) is 4.79 Å². The normalized spacial score (nSPS) is 14.3. The van der Waals surface area contributed by atoms with E-state index < -0.39 is 11.7 Å². The maximum Gasteiger partial charge on any atom is 0.411 e. The number of carbonyl (C=O) groups is 1. The molecule has 3 aromatic rings. The first kappa shape index (κ1) is 25.4. The first-order valence-electron chi connectivity index (χ1n) is 12.0. The molecule has 0 atom stereocenters. The van der Waals surface area contributed by atoms with Crippen molar-refractivity contribution in [3.8, 4) is 33.0 Å². The Labute approximate surface area is 215 Å². The van der Waals surface area contributed by atoms with Gasteiger partial charge in [0.1, 0.15) is 27.4 Å². The third-order valence-electron chi connectivity index (χ3n) is 5.52. The second kappa shape index (κ2) is 10.5. The fourth-order valence-corrected chi connectivity index (χ4v) is 5.00. The van der Waals surface area contributed by atoms with Crippen molar-refractivity contribution in [1.82, 2.24) is 15.5 Å². The molecular weight excluding hydrogens is 472 g/mol. The molecule has 0 bridgehead atoms. The second-order valence-electron chi connectivity index (χ2n) is 9.90. The number of hydrogen-bond acceptors (Lipinski definition) is 7. The lowest BCUT2D eigenvalue weighted by Crippen LogP contribution is -2.30. The number of rotatable bonds is 5. The van der Waals surface area contributed by atoms with Gasteiger partial charge >= 0.3 is 6.09 Å². The van der Waals surface area contributed by atoms with E-state index in [9.17, 15) is 10.1 Å². The number of nitrogens with one attached hydrogen (secondary N) is 1. The van der Waals surface area contributed by atoms with Crippen molar-refractivity contribution in [3.05, 3.63) is 59.3 Å². The number of ether oxygens (including phenoxy) is 2. The number of fused-ring (bicyclic) bond motifs is 1. The monoisotopic (exact) mass is 502 g/mol. The van der Waals surface area contributed by atoms with Crippen molar-refractivity contribution in [2.45, 2.75) is 65.6 Å². The summed E-state index contributed by atoms with van der Waals surface area (Å²) < 4.78 is 11.1. The lowest BCUT2D eigenvalue weighted by atomic mass is 9.85. The number of nitriles is 1. The predicted octanol–water partition coefficient (Wildman–Crippen LogP) is 6.73. The van der Waals surface area contributed by atoms with Crippen LogP contribution in [0.2, 0.25) is 0 Å². The van der Waals surface area contributed by atoms with Crippen molar-refractivity contribution >= 4 is 23.0 Å². The Morgan fingerprint density at radius 1 is 1.14 bits per heavy atom. The van der Waals surface area contributed by atoms with E-state index in [1.54, 1.807) is 12.3 Å². The van der Waals surface area contributed by atoms with E-state index in [1.165, 1.54) is 16.9 Å². The number of allylic oxidation sites excluding steroid dienone is 1. The van der Waals surface area contributed by atoms with Crippen molar-refractivity contribution in [2.75, 3.05) is 0 Å². The highest BCUT2D eigenvalue weighted by Gasteiger charge is 2.21. The van der Waals surface area contributed by atoms with Crippen molar-refractivity contribution < 1.29 is 14.3 Å². The zero-order valence-electron chi connectivity index (χ0n) is 21.2. The molecule has 1 amide bonds. The fourth-order valence-electron chi connectivity index (χ4n) is 4.11. The van der Waals surface area contributed by atoms with Crippen LogP contribution in [-0.4, -0.2) is 28.0 Å². The molecule has 0 radical (unpaired) electrons. The molecule has 2 aromatic carbocycles. The van der Waals surface area contributed by atoms with E-state index in [4.69, 9.17) is 9.47 Å². The Hall–Kier alpha value is -3.70. The number of carbonyl (C=O) groups excluding carboxylic acids is 1. The summed E-state index contributed by atoms with van der Waals surface area (Å²) in [5, 5.41) is 22.8. The minimum absolute atomic E-state index is 0.0152. The third-order valence-corrected chi connectivity index (χ3v) is 6.53. The summed E-state index contributed by atoms with van der Waals surface area (Å²) in [6.45, 7) is 9.38. The van der Waals surface area contributed by atoms with Gasteiger partial charge in [0.2, 0.25) is 0 Å². The van der Waals surface area contributed by atoms with E-state index in [0.29, 0.717) is 11.3 Å². The van der Waals surface area contributed by atoms with Gasteiger partial charge in [0, 0.05) is 17.3 Å². The van der Waals surface area contributed by atoms with Gasteiger partial charge in [-0.15, -0.1) is 10.2 Å². The number of aromatic nitrogens is 2. The van der Waals surface area contributed by atoms with Gasteiger partial charge in [0.15, 0.2) is 0 Å². The van der Waals surface area contributed by atoms with E-state index in [2.05, 4.69) is 33.7 Å². The standard InChI is InChI=1S/C28H30N4O3S/c1-17(2)34-24-13-12-18(14-20(24)15-29)25-31-32-26(36-25)23-11-7-9-21-19(8-6-10-22(21)23)16-30-27(33)35-28(3,4)5/h7,9,11-14,16-17H,6,8,10H2,1-5H3,(H,30,33)/b19-16-. The van der Waals surface area contributed by atoms with Gasteiger partial charge in [-0.05, 0) is 88.8 Å². The van der Waals surface area contributed by atoms with Gasteiger partial charge in [-0.25, -0.2) is 4.79 Å². The van der Waals surface area contributed by atoms with Gasteiger partial charge in [-0.3, -0.25) is 5.32 Å². The molecular formula is C28H30N4O3S. The molecule has 1 aliphatic carbocycles. The molecule has 0 saturated carbocycles. The molecule has 186 valence electrons. The van der Waals surface area contributed by atoms with Crippen LogP contribution in [0.15, 0.2) is 42.6 Å². The highest BCUT2D eigenvalue weighted by Crippen LogP contribution is 2.39. The molecule has 0 fully saturated rings. The van der Waals surface area contributed by atoms with Gasteiger partial charge in [0.25, 0.3) is 0 Å². The predicted molar refractivity (Wildman–Crippen MR) is 142 cm³/mol. The smallest absolute Gasteiger partial charge is 0.411 e. The molecule has 0 aliphatic heterocycles. The van der Waals surface area contributed by atoms with Crippen LogP contribution in [0.1, 0.15) is 64.2 Å². The average Bonchev–Trinajstić information content (AvgIpc) is 3.31. The second-order valence-corrected chi connectivity index (χ2v) is 10.9. The van der Waals surface area contributed by atoms with Gasteiger partial charge in [-0.1, -0.05) is 29.5 Å². The average molecular weight is 503 g/mol. The fraction of sp³-hybridized carbons (Fsp3) is 0.357. The molecule has 0 unspecified atom stereocenters. The van der Waals surface area contributed by atoms with Crippen molar-refractivity contribution in [2.24, 2.45) is 0 Å². The van der Waals surface area contributed by atoms with Crippen LogP contribution >= 0.6 is 11.3 Å². The van der Waals surface area contributed by atoms with E-state index >= 15 is 0 Å². The van der Waals surface area contributed by atoms with Crippen LogP contribution in [0.25, 0.3) is 26.7 Å². The summed E-state index contributed by atoms with van der Waals surface area (Å²) in [6.07, 6.45) is 4.04. The highest BCUT2D eigenvalue weighted by molar-refractivity contribution is 7.17. The molecule has 8 heteroatoms. The summed E-state index contributed by atoms with van der Waals surface area (Å²) in [5.41, 5.74) is 5.16. The van der Waals surface area contributed by atoms with Gasteiger partial charge in [-0.2, -0.15) is 5.26 Å². The molecule has 1 aromatic heterocycles. The summed E-state index contributed by atoms with van der Waals surface area (Å²) in [5.74, 6) is 0.567. The Kier molecular flexibility index (Phi) is 7.41. The lowest BCUT2D eigenvalue weighted by Gasteiger charge is -2.22. The largest absolute Gasteiger partial charge is 0.490 e. The topological polar surface area (TPSA) is 97.1 Å². The van der Waals surface area contributed by atoms with E-state index in [1.807, 2.05) is 52.8 Å². The van der Waals surface area contributed by atoms with Crippen LogP contribution < -0.4 is 10.1 Å². The Morgan fingerprint density at radius 2 is 1.89 bits per heavy atom. The number of hydrogen-bond donors (Lipinski definition) is 1. The first-order valence-corrected chi connectivity index (χ1v) is 12.8. The van der Waals surface area contributed by atoms with Crippen LogP contribution in [0, 0.1) is 11.3 Å². The van der Waals surface area contributed by atoms with E-state index in [-0.39, 0.29) is 6.10 Å². The molecule has 36 heavy (non-hydrogen) atoms. The zero-order valence-corrected chi connectivity index (χ0v) is 22.0. The van der Waals surface area contributed by atoms with Crippen LogP contribution in [0.3, 0.4) is 0 Å². The van der Waals surface area contributed by atoms with Crippen molar-refractivity contribution in [1.29, 1.82) is 5.26 Å². The van der Waals surface area contributed by atoms with Crippen LogP contribution in [-0.2, 0) is 11.2 Å². The first-order chi connectivity index (χ1) is 17.1. The van der Waals surface area contributed by atoms with E-state index in [0.717, 1.165) is 51.5 Å². The Balaban J connectivity index is 1.61. The Morgan fingerprint density at radius 3 is 2.61 bits per heavy atom. The maximum atomic E-state index is 12.1. The van der Waals surface area contributed by atoms with Gasteiger partial charge < -0.3 is 9.47 Å². The van der Waals surface area contributed by atoms with Crippen molar-refractivity contribution in [3.63, 3.8) is 0 Å². The minimum Gasteiger partial charge on any atom is -0.490 e.